The van der Waals surface area contributed by atoms with Gasteiger partial charge in [-0.3, -0.25) is 10.9 Å². The summed E-state index contributed by atoms with van der Waals surface area (Å²) in [5.74, 6) is 0. The first-order valence-corrected chi connectivity index (χ1v) is 2.87. The van der Waals surface area contributed by atoms with E-state index in [0.717, 1.165) is 13.1 Å². The highest BCUT2D eigenvalue weighted by Gasteiger charge is 1.74. The summed E-state index contributed by atoms with van der Waals surface area (Å²) in [7, 11) is 0. The minimum absolute atomic E-state index is 1.00. The van der Waals surface area contributed by atoms with Gasteiger partial charge in [0.1, 0.15) is 0 Å². The molecule has 0 amide bonds. The lowest BCUT2D eigenvalue weighted by Crippen LogP contribution is -2.31. The van der Waals surface area contributed by atoms with E-state index in [1.807, 2.05) is 0 Å². The van der Waals surface area contributed by atoms with Crippen molar-refractivity contribution in [2.45, 2.75) is 20.3 Å². The second kappa shape index (κ2) is 5.92. The molecule has 0 fully saturated rings. The van der Waals surface area contributed by atoms with Crippen molar-refractivity contribution < 1.29 is 0 Å². The van der Waals surface area contributed by atoms with Crippen LogP contribution in [0.2, 0.25) is 0 Å². The normalized spacial score (nSPS) is 9.43. The molecule has 0 aromatic rings. The van der Waals surface area contributed by atoms with E-state index >= 15 is 0 Å². The molecule has 0 aliphatic heterocycles. The van der Waals surface area contributed by atoms with Crippen molar-refractivity contribution in [3.63, 3.8) is 0 Å². The van der Waals surface area contributed by atoms with Crippen molar-refractivity contribution in [2.75, 3.05) is 13.1 Å². The van der Waals surface area contributed by atoms with Gasteiger partial charge >= 0.3 is 0 Å². The molecule has 0 aromatic heterocycles. The van der Waals surface area contributed by atoms with Gasteiger partial charge < -0.3 is 0 Å². The molecule has 0 unspecified atom stereocenters. The maximum Gasteiger partial charge on any atom is 0.00971 e. The Balaban J connectivity index is 2.45. The van der Waals surface area contributed by atoms with Crippen molar-refractivity contribution in [3.8, 4) is 0 Å². The lowest BCUT2D eigenvalue weighted by molar-refractivity contribution is 0.548. The van der Waals surface area contributed by atoms with E-state index in [0.29, 0.717) is 0 Å². The number of hydrogen-bond acceptors (Lipinski definition) is 2. The van der Waals surface area contributed by atoms with Crippen LogP contribution < -0.4 is 10.9 Å². The lowest BCUT2D eigenvalue weighted by Gasteiger charge is -1.98. The van der Waals surface area contributed by atoms with Gasteiger partial charge in [-0.1, -0.05) is 13.8 Å². The average Bonchev–Trinajstić information content (AvgIpc) is 1.69. The largest absolute Gasteiger partial charge is 0.258 e. The van der Waals surface area contributed by atoms with Gasteiger partial charge in [0.25, 0.3) is 0 Å². The number of rotatable bonds is 4. The first-order chi connectivity index (χ1) is 3.41. The third kappa shape index (κ3) is 5.92. The van der Waals surface area contributed by atoms with Gasteiger partial charge in [-0.05, 0) is 6.42 Å². The SMILES string of the molecule is CCCNNCC. The molecule has 2 heteroatoms. The smallest absolute Gasteiger partial charge is 0.00971 e. The van der Waals surface area contributed by atoms with E-state index in [9.17, 15) is 0 Å². The highest BCUT2D eigenvalue weighted by molar-refractivity contribution is 4.32. The van der Waals surface area contributed by atoms with Crippen LogP contribution in [0.3, 0.4) is 0 Å². The fourth-order valence-electron chi connectivity index (χ4n) is 0.338. The Morgan fingerprint density at radius 3 is 2.29 bits per heavy atom. The topological polar surface area (TPSA) is 24.1 Å². The zero-order chi connectivity index (χ0) is 5.54. The molecule has 0 rings (SSSR count). The molecule has 44 valence electrons. The molecule has 2 N–H and O–H groups in total. The Labute approximate surface area is 45.3 Å². The van der Waals surface area contributed by atoms with Gasteiger partial charge in [-0.2, -0.15) is 0 Å². The predicted molar refractivity (Wildman–Crippen MR) is 32.0 cm³/mol. The van der Waals surface area contributed by atoms with Crippen LogP contribution in [-0.2, 0) is 0 Å². The Hall–Kier alpha value is -0.0800. The minimum atomic E-state index is 1.00. The van der Waals surface area contributed by atoms with E-state index in [-0.39, 0.29) is 0 Å². The number of nitrogens with one attached hydrogen (secondary N) is 2. The van der Waals surface area contributed by atoms with Crippen LogP contribution in [0.15, 0.2) is 0 Å². The van der Waals surface area contributed by atoms with Crippen LogP contribution in [0.4, 0.5) is 0 Å². The molecule has 0 saturated heterocycles. The summed E-state index contributed by atoms with van der Waals surface area (Å²) in [5.41, 5.74) is 6.03. The molecule has 0 aliphatic carbocycles. The van der Waals surface area contributed by atoms with Crippen LogP contribution >= 0.6 is 0 Å². The third-order valence-electron chi connectivity index (χ3n) is 0.677. The van der Waals surface area contributed by atoms with Gasteiger partial charge in [0.05, 0.1) is 0 Å². The predicted octanol–water partition coefficient (Wildman–Crippen LogP) is 0.511. The molecule has 2 nitrogen and oxygen atoms in total. The van der Waals surface area contributed by atoms with Crippen molar-refractivity contribution in [2.24, 2.45) is 0 Å². The first kappa shape index (κ1) is 6.92. The van der Waals surface area contributed by atoms with E-state index in [1.165, 1.54) is 6.42 Å². The zero-order valence-electron chi connectivity index (χ0n) is 5.12. The van der Waals surface area contributed by atoms with Crippen LogP contribution in [0.1, 0.15) is 20.3 Å². The Morgan fingerprint density at radius 1 is 1.14 bits per heavy atom. The summed E-state index contributed by atoms with van der Waals surface area (Å²) >= 11 is 0. The molecule has 0 atom stereocenters. The minimum Gasteiger partial charge on any atom is -0.258 e. The highest BCUT2D eigenvalue weighted by Crippen LogP contribution is 1.63. The van der Waals surface area contributed by atoms with Crippen LogP contribution in [0, 0.1) is 0 Å². The summed E-state index contributed by atoms with van der Waals surface area (Å²) in [6, 6.07) is 0. The molecular weight excluding hydrogens is 88.1 g/mol. The quantitative estimate of drug-likeness (QED) is 0.399. The van der Waals surface area contributed by atoms with Crippen LogP contribution in [-0.4, -0.2) is 13.1 Å². The summed E-state index contributed by atoms with van der Waals surface area (Å²) < 4.78 is 0. The fraction of sp³-hybridized carbons (Fsp3) is 1.00. The maximum absolute atomic E-state index is 3.03. The molecular formula is C5H14N2. The van der Waals surface area contributed by atoms with Gasteiger partial charge in [-0.25, -0.2) is 0 Å². The van der Waals surface area contributed by atoms with E-state index in [1.54, 1.807) is 0 Å². The summed E-state index contributed by atoms with van der Waals surface area (Å²) in [4.78, 5) is 0. The second-order valence-corrected chi connectivity index (χ2v) is 1.46. The molecule has 0 spiro atoms. The van der Waals surface area contributed by atoms with Crippen molar-refractivity contribution in [1.82, 2.24) is 10.9 Å². The fourth-order valence-corrected chi connectivity index (χ4v) is 0.338. The van der Waals surface area contributed by atoms with Crippen molar-refractivity contribution in [3.05, 3.63) is 0 Å². The maximum atomic E-state index is 3.03. The van der Waals surface area contributed by atoms with Gasteiger partial charge in [0, 0.05) is 13.1 Å². The molecule has 0 heterocycles. The van der Waals surface area contributed by atoms with Crippen LogP contribution in [0.5, 0.6) is 0 Å². The highest BCUT2D eigenvalue weighted by atomic mass is 15.3. The van der Waals surface area contributed by atoms with Crippen molar-refractivity contribution in [1.29, 1.82) is 0 Å². The van der Waals surface area contributed by atoms with E-state index in [4.69, 9.17) is 0 Å². The van der Waals surface area contributed by atoms with Gasteiger partial charge in [-0.15, -0.1) is 0 Å². The monoisotopic (exact) mass is 102 g/mol. The van der Waals surface area contributed by atoms with E-state index in [2.05, 4.69) is 24.7 Å². The summed E-state index contributed by atoms with van der Waals surface area (Å²) in [6.07, 6.45) is 1.19. The van der Waals surface area contributed by atoms with Crippen molar-refractivity contribution >= 4 is 0 Å². The molecule has 0 aromatic carbocycles. The van der Waals surface area contributed by atoms with Gasteiger partial charge in [0.2, 0.25) is 0 Å². The summed E-state index contributed by atoms with van der Waals surface area (Å²) in [6.45, 7) is 6.28. The number of hydrazine groups is 1. The summed E-state index contributed by atoms with van der Waals surface area (Å²) in [5, 5.41) is 0. The third-order valence-corrected chi connectivity index (χ3v) is 0.677. The molecule has 0 aliphatic rings. The standard InChI is InChI=1S/C5H14N2/c1-3-5-7-6-4-2/h6-7H,3-5H2,1-2H3. The molecule has 0 bridgehead atoms. The first-order valence-electron chi connectivity index (χ1n) is 2.87. The average molecular weight is 102 g/mol. The Kier molecular flexibility index (Phi) is 5.85. The number of hydrogen-bond donors (Lipinski definition) is 2. The van der Waals surface area contributed by atoms with Gasteiger partial charge in [0.15, 0.2) is 0 Å². The van der Waals surface area contributed by atoms with E-state index < -0.39 is 0 Å². The molecule has 0 radical (unpaired) electrons. The van der Waals surface area contributed by atoms with Crippen LogP contribution in [0.25, 0.3) is 0 Å². The molecule has 0 saturated carbocycles. The lowest BCUT2D eigenvalue weighted by atomic mass is 10.5. The Morgan fingerprint density at radius 2 is 1.86 bits per heavy atom. The second-order valence-electron chi connectivity index (χ2n) is 1.46. The molecule has 7 heavy (non-hydrogen) atoms. The zero-order valence-corrected chi connectivity index (χ0v) is 5.12. The Bertz CT molecular complexity index is 25.3.